The first-order chi connectivity index (χ1) is 7.68. The molecule has 3 unspecified atom stereocenters. The van der Waals surface area contributed by atoms with E-state index in [1.807, 2.05) is 25.2 Å². The summed E-state index contributed by atoms with van der Waals surface area (Å²) in [6.07, 6.45) is 11.1. The molecule has 16 heavy (non-hydrogen) atoms. The summed E-state index contributed by atoms with van der Waals surface area (Å²) < 4.78 is 0. The van der Waals surface area contributed by atoms with Crippen LogP contribution in [0.4, 0.5) is 0 Å². The summed E-state index contributed by atoms with van der Waals surface area (Å²) in [5.41, 5.74) is 1.24. The molecule has 3 atom stereocenters. The minimum atomic E-state index is -0.761. The second-order valence-corrected chi connectivity index (χ2v) is 5.45. The van der Waals surface area contributed by atoms with Crippen LogP contribution in [-0.2, 0) is 4.79 Å². The molecule has 1 heterocycles. The van der Waals surface area contributed by atoms with Gasteiger partial charge in [0.2, 0.25) is 0 Å². The molecule has 1 aliphatic carbocycles. The van der Waals surface area contributed by atoms with Crippen LogP contribution in [0, 0.1) is 0 Å². The highest BCUT2D eigenvalue weighted by atomic mass is 32.2. The normalized spacial score (nSPS) is 33.6. The lowest BCUT2D eigenvalue weighted by Crippen LogP contribution is -2.39. The molecule has 3 nitrogen and oxygen atoms in total. The highest BCUT2D eigenvalue weighted by Crippen LogP contribution is 2.33. The van der Waals surface area contributed by atoms with Crippen molar-refractivity contribution in [3.8, 4) is 0 Å². The third-order valence-corrected chi connectivity index (χ3v) is 4.19. The van der Waals surface area contributed by atoms with Crippen molar-refractivity contribution >= 4 is 17.7 Å². The van der Waals surface area contributed by atoms with Crippen molar-refractivity contribution in [2.75, 3.05) is 0 Å². The number of allylic oxidation sites excluding steroid dienone is 5. The largest absolute Gasteiger partial charge is 0.480 e. The van der Waals surface area contributed by atoms with E-state index in [1.165, 1.54) is 5.57 Å². The predicted molar refractivity (Wildman–Crippen MR) is 66.4 cm³/mol. The molecule has 4 heteroatoms. The Kier molecular flexibility index (Phi) is 3.51. The van der Waals surface area contributed by atoms with Gasteiger partial charge < -0.3 is 5.11 Å². The van der Waals surface area contributed by atoms with E-state index in [1.54, 1.807) is 11.8 Å². The van der Waals surface area contributed by atoms with Crippen LogP contribution in [0.1, 0.15) is 13.3 Å². The Morgan fingerprint density at radius 3 is 3.00 bits per heavy atom. The molecule has 0 aromatic rings. The Bertz CT molecular complexity index is 373. The summed E-state index contributed by atoms with van der Waals surface area (Å²) >= 11 is 1.69. The number of carbonyl (C=O) groups is 1. The van der Waals surface area contributed by atoms with Gasteiger partial charge in [-0.25, -0.2) is 0 Å². The topological polar surface area (TPSA) is 49.3 Å². The van der Waals surface area contributed by atoms with E-state index in [-0.39, 0.29) is 10.6 Å². The second kappa shape index (κ2) is 4.89. The lowest BCUT2D eigenvalue weighted by molar-refractivity contribution is -0.139. The van der Waals surface area contributed by atoms with Crippen LogP contribution in [0.5, 0.6) is 0 Å². The van der Waals surface area contributed by atoms with Gasteiger partial charge in [-0.15, -0.1) is 11.8 Å². The van der Waals surface area contributed by atoms with Crippen molar-refractivity contribution in [2.45, 2.75) is 30.0 Å². The Hall–Kier alpha value is -1.00. The lowest BCUT2D eigenvalue weighted by atomic mass is 10.1. The van der Waals surface area contributed by atoms with Crippen LogP contribution in [0.2, 0.25) is 0 Å². The van der Waals surface area contributed by atoms with Crippen molar-refractivity contribution in [1.29, 1.82) is 0 Å². The van der Waals surface area contributed by atoms with Crippen LogP contribution in [-0.4, -0.2) is 27.7 Å². The van der Waals surface area contributed by atoms with E-state index >= 15 is 0 Å². The Morgan fingerprint density at radius 1 is 1.50 bits per heavy atom. The van der Waals surface area contributed by atoms with Gasteiger partial charge in [0.25, 0.3) is 0 Å². The summed E-state index contributed by atoms with van der Waals surface area (Å²) in [5.74, 6) is -0.761. The van der Waals surface area contributed by atoms with E-state index in [4.69, 9.17) is 5.11 Å². The second-order valence-electron chi connectivity index (χ2n) is 3.96. The SMILES string of the molecule is CC1SC(C2=CC=CC=CC2)NC1C(=O)O. The highest BCUT2D eigenvalue weighted by molar-refractivity contribution is 8.01. The fourth-order valence-corrected chi connectivity index (χ4v) is 3.24. The maximum absolute atomic E-state index is 11.0. The van der Waals surface area contributed by atoms with E-state index < -0.39 is 12.0 Å². The number of hydrogen-bond acceptors (Lipinski definition) is 3. The van der Waals surface area contributed by atoms with Crippen molar-refractivity contribution < 1.29 is 9.90 Å². The van der Waals surface area contributed by atoms with Crippen LogP contribution in [0.15, 0.2) is 36.0 Å². The minimum Gasteiger partial charge on any atom is -0.480 e. The number of aliphatic carboxylic acids is 1. The van der Waals surface area contributed by atoms with E-state index in [2.05, 4.69) is 17.5 Å². The first kappa shape index (κ1) is 11.5. The zero-order valence-corrected chi connectivity index (χ0v) is 9.91. The van der Waals surface area contributed by atoms with Gasteiger partial charge in [0.15, 0.2) is 0 Å². The van der Waals surface area contributed by atoms with Gasteiger partial charge in [0.1, 0.15) is 6.04 Å². The number of carboxylic acid groups (broad SMARTS) is 1. The molecule has 0 radical (unpaired) electrons. The standard InChI is InChI=1S/C12H15NO2S/c1-8-10(12(14)15)13-11(16-8)9-6-4-2-3-5-7-9/h2-6,8,10-11,13H,7H2,1H3,(H,14,15). The lowest BCUT2D eigenvalue weighted by Gasteiger charge is -2.13. The minimum absolute atomic E-state index is 0.111. The Morgan fingerprint density at radius 2 is 2.31 bits per heavy atom. The average Bonchev–Trinajstić information content (AvgIpc) is 2.50. The molecule has 0 amide bonds. The molecule has 2 aliphatic rings. The maximum Gasteiger partial charge on any atom is 0.321 e. The highest BCUT2D eigenvalue weighted by Gasteiger charge is 2.37. The summed E-state index contributed by atoms with van der Waals surface area (Å²) in [6.45, 7) is 1.96. The van der Waals surface area contributed by atoms with Crippen LogP contribution >= 0.6 is 11.8 Å². The summed E-state index contributed by atoms with van der Waals surface area (Å²) in [6, 6.07) is -0.438. The van der Waals surface area contributed by atoms with Gasteiger partial charge in [-0.05, 0) is 12.0 Å². The molecule has 1 fully saturated rings. The summed E-state index contributed by atoms with van der Waals surface area (Å²) in [4.78, 5) is 11.0. The molecule has 2 N–H and O–H groups in total. The summed E-state index contributed by atoms with van der Waals surface area (Å²) in [7, 11) is 0. The molecule has 0 bridgehead atoms. The zero-order valence-electron chi connectivity index (χ0n) is 9.09. The Balaban J connectivity index is 2.08. The third kappa shape index (κ3) is 2.39. The molecular weight excluding hydrogens is 222 g/mol. The van der Waals surface area contributed by atoms with Crippen molar-refractivity contribution in [3.05, 3.63) is 36.0 Å². The predicted octanol–water partition coefficient (Wildman–Crippen LogP) is 1.93. The third-order valence-electron chi connectivity index (χ3n) is 2.78. The van der Waals surface area contributed by atoms with Gasteiger partial charge in [-0.1, -0.05) is 37.3 Å². The van der Waals surface area contributed by atoms with Crippen molar-refractivity contribution in [2.24, 2.45) is 0 Å². The molecule has 0 spiro atoms. The zero-order chi connectivity index (χ0) is 11.5. The first-order valence-electron chi connectivity index (χ1n) is 5.35. The van der Waals surface area contributed by atoms with Crippen molar-refractivity contribution in [1.82, 2.24) is 5.32 Å². The Labute approximate surface area is 99.3 Å². The molecule has 2 rings (SSSR count). The van der Waals surface area contributed by atoms with Gasteiger partial charge in [0, 0.05) is 5.25 Å². The van der Waals surface area contributed by atoms with Gasteiger partial charge in [-0.2, -0.15) is 0 Å². The van der Waals surface area contributed by atoms with Crippen LogP contribution in [0.3, 0.4) is 0 Å². The first-order valence-corrected chi connectivity index (χ1v) is 6.29. The number of rotatable bonds is 2. The molecule has 0 aromatic carbocycles. The fraction of sp³-hybridized carbons (Fsp3) is 0.417. The smallest absolute Gasteiger partial charge is 0.321 e. The number of hydrogen-bond donors (Lipinski definition) is 2. The number of nitrogens with one attached hydrogen (secondary N) is 1. The van der Waals surface area contributed by atoms with Crippen LogP contribution in [0.25, 0.3) is 0 Å². The maximum atomic E-state index is 11.0. The molecule has 1 saturated heterocycles. The monoisotopic (exact) mass is 237 g/mol. The molecular formula is C12H15NO2S. The van der Waals surface area contributed by atoms with Crippen molar-refractivity contribution in [3.63, 3.8) is 0 Å². The molecule has 1 aliphatic heterocycles. The fourth-order valence-electron chi connectivity index (χ4n) is 1.89. The molecule has 86 valence electrons. The molecule has 0 aromatic heterocycles. The van der Waals surface area contributed by atoms with Gasteiger partial charge in [-0.3, -0.25) is 10.1 Å². The number of thioether (sulfide) groups is 1. The van der Waals surface area contributed by atoms with Gasteiger partial charge in [0.05, 0.1) is 5.37 Å². The van der Waals surface area contributed by atoms with Crippen LogP contribution < -0.4 is 5.32 Å². The number of carboxylic acids is 1. The molecule has 0 saturated carbocycles. The van der Waals surface area contributed by atoms with E-state index in [0.29, 0.717) is 0 Å². The average molecular weight is 237 g/mol. The van der Waals surface area contributed by atoms with Gasteiger partial charge >= 0.3 is 5.97 Å². The van der Waals surface area contributed by atoms with E-state index in [0.717, 1.165) is 6.42 Å². The summed E-state index contributed by atoms with van der Waals surface area (Å²) in [5, 5.41) is 12.4. The quantitative estimate of drug-likeness (QED) is 0.770. The van der Waals surface area contributed by atoms with E-state index in [9.17, 15) is 4.79 Å².